The molecule has 4 N–H and O–H groups in total. The van der Waals surface area contributed by atoms with Gasteiger partial charge in [0.15, 0.2) is 5.75 Å². The van der Waals surface area contributed by atoms with E-state index >= 15 is 0 Å². The molecule has 34 heavy (non-hydrogen) atoms. The number of rotatable bonds is 4. The lowest BCUT2D eigenvalue weighted by atomic mass is 10.1. The minimum atomic E-state index is -0.833. The van der Waals surface area contributed by atoms with Crippen LogP contribution in [-0.2, 0) is 0 Å². The first kappa shape index (κ1) is 21.4. The van der Waals surface area contributed by atoms with Gasteiger partial charge in [-0.3, -0.25) is 14.6 Å². The molecule has 0 fully saturated rings. The van der Waals surface area contributed by atoms with E-state index in [4.69, 9.17) is 33.7 Å². The second kappa shape index (κ2) is 8.17. The first-order chi connectivity index (χ1) is 16.3. The summed E-state index contributed by atoms with van der Waals surface area (Å²) in [5, 5.41) is 14.2. The molecular weight excluding hydrogens is 487 g/mol. The standard InChI is InChI=1S/C20H12Cl2N8O4/c21-13-6-11(30-20(33)25-18(32)17(23)28-30)7-14(22)16(13)34-19-12(8-15(31)26-27-19)9-2-4-29-10(5-9)1-3-24-29/h1-8H,(H2,23,28)(H,26,31)(H,25,32,33). The number of hydrogen-bond donors (Lipinski definition) is 3. The molecule has 170 valence electrons. The molecule has 0 atom stereocenters. The van der Waals surface area contributed by atoms with E-state index in [1.54, 1.807) is 35.1 Å². The smallest absolute Gasteiger partial charge is 0.349 e. The van der Waals surface area contributed by atoms with Crippen molar-refractivity contribution in [1.82, 2.24) is 34.6 Å². The maximum absolute atomic E-state index is 12.1. The van der Waals surface area contributed by atoms with Crippen LogP contribution in [0.5, 0.6) is 11.6 Å². The Balaban J connectivity index is 1.58. The third-order valence-corrected chi connectivity index (χ3v) is 5.33. The lowest BCUT2D eigenvalue weighted by Crippen LogP contribution is -2.33. The Bertz CT molecular complexity index is 1730. The van der Waals surface area contributed by atoms with E-state index in [9.17, 15) is 14.4 Å². The van der Waals surface area contributed by atoms with Gasteiger partial charge in [-0.1, -0.05) is 23.2 Å². The van der Waals surface area contributed by atoms with Gasteiger partial charge in [0.25, 0.3) is 11.1 Å². The fourth-order valence-corrected chi connectivity index (χ4v) is 3.77. The molecule has 4 aromatic heterocycles. The van der Waals surface area contributed by atoms with Crippen molar-refractivity contribution in [2.24, 2.45) is 0 Å². The van der Waals surface area contributed by atoms with Gasteiger partial charge in [-0.05, 0) is 35.9 Å². The molecule has 12 nitrogen and oxygen atoms in total. The van der Waals surface area contributed by atoms with E-state index in [0.717, 1.165) is 10.2 Å². The number of pyridine rings is 1. The number of nitrogens with two attached hydrogens (primary N) is 1. The van der Waals surface area contributed by atoms with Crippen molar-refractivity contribution in [3.63, 3.8) is 0 Å². The lowest BCUT2D eigenvalue weighted by molar-refractivity contribution is 0.456. The molecule has 0 unspecified atom stereocenters. The van der Waals surface area contributed by atoms with E-state index in [1.807, 2.05) is 4.98 Å². The van der Waals surface area contributed by atoms with Crippen LogP contribution < -0.4 is 27.3 Å². The van der Waals surface area contributed by atoms with Crippen LogP contribution in [0.4, 0.5) is 5.82 Å². The number of nitrogens with one attached hydrogen (secondary N) is 2. The topological polar surface area (TPSA) is 166 Å². The first-order valence-electron chi connectivity index (χ1n) is 9.50. The number of H-pyrrole nitrogens is 2. The number of anilines is 1. The Kier molecular flexibility index (Phi) is 5.15. The number of aromatic nitrogens is 7. The van der Waals surface area contributed by atoms with Gasteiger partial charge in [0.1, 0.15) is 0 Å². The molecule has 4 heterocycles. The highest BCUT2D eigenvalue weighted by Gasteiger charge is 2.18. The van der Waals surface area contributed by atoms with Crippen LogP contribution in [0.2, 0.25) is 10.0 Å². The van der Waals surface area contributed by atoms with Gasteiger partial charge in [-0.15, -0.1) is 10.2 Å². The summed E-state index contributed by atoms with van der Waals surface area (Å²) in [6.45, 7) is 0. The van der Waals surface area contributed by atoms with Crippen LogP contribution in [0.25, 0.3) is 22.3 Å². The molecule has 0 radical (unpaired) electrons. The number of hydrogen-bond acceptors (Lipinski definition) is 8. The van der Waals surface area contributed by atoms with Gasteiger partial charge in [-0.2, -0.15) is 9.78 Å². The largest absolute Gasteiger partial charge is 0.434 e. The summed E-state index contributed by atoms with van der Waals surface area (Å²) < 4.78 is 8.38. The van der Waals surface area contributed by atoms with Gasteiger partial charge in [-0.25, -0.2) is 14.4 Å². The van der Waals surface area contributed by atoms with Crippen LogP contribution in [0.1, 0.15) is 0 Å². The summed E-state index contributed by atoms with van der Waals surface area (Å²) in [6.07, 6.45) is 3.37. The lowest BCUT2D eigenvalue weighted by Gasteiger charge is -2.14. The molecule has 0 aliphatic heterocycles. The van der Waals surface area contributed by atoms with E-state index in [-0.39, 0.29) is 27.4 Å². The quantitative estimate of drug-likeness (QED) is 0.338. The molecule has 5 aromatic rings. The number of fused-ring (bicyclic) bond motifs is 1. The van der Waals surface area contributed by atoms with Crippen LogP contribution >= 0.6 is 23.2 Å². The number of nitrogen functional groups attached to an aromatic ring is 1. The molecule has 0 saturated heterocycles. The Hall–Kier alpha value is -4.42. The minimum Gasteiger partial charge on any atom is -0.434 e. The third kappa shape index (κ3) is 3.80. The van der Waals surface area contributed by atoms with Gasteiger partial charge in [0, 0.05) is 18.5 Å². The highest BCUT2D eigenvalue weighted by atomic mass is 35.5. The normalized spacial score (nSPS) is 11.1. The zero-order chi connectivity index (χ0) is 24.0. The summed E-state index contributed by atoms with van der Waals surface area (Å²) in [6, 6.07) is 9.37. The van der Waals surface area contributed by atoms with Crippen molar-refractivity contribution in [3.8, 4) is 28.4 Å². The number of halogens is 2. The van der Waals surface area contributed by atoms with Gasteiger partial charge in [0.05, 0.1) is 26.8 Å². The van der Waals surface area contributed by atoms with Crippen molar-refractivity contribution < 1.29 is 4.74 Å². The number of benzene rings is 1. The van der Waals surface area contributed by atoms with Crippen LogP contribution in [-0.4, -0.2) is 34.6 Å². The van der Waals surface area contributed by atoms with Crippen LogP contribution in [0, 0.1) is 0 Å². The second-order valence-corrected chi connectivity index (χ2v) is 7.78. The molecule has 0 amide bonds. The third-order valence-electron chi connectivity index (χ3n) is 4.76. The molecule has 0 aliphatic carbocycles. The second-order valence-electron chi connectivity index (χ2n) is 6.96. The molecule has 0 spiro atoms. The van der Waals surface area contributed by atoms with Crippen molar-refractivity contribution in [1.29, 1.82) is 0 Å². The Morgan fingerprint density at radius 2 is 1.79 bits per heavy atom. The minimum absolute atomic E-state index is 0.00571. The van der Waals surface area contributed by atoms with Crippen molar-refractivity contribution >= 4 is 34.5 Å². The molecule has 14 heteroatoms. The average molecular weight is 499 g/mol. The van der Waals surface area contributed by atoms with Gasteiger partial charge < -0.3 is 10.5 Å². The van der Waals surface area contributed by atoms with Crippen molar-refractivity contribution in [3.05, 3.63) is 90.0 Å². The highest BCUT2D eigenvalue weighted by molar-refractivity contribution is 6.37. The fourth-order valence-electron chi connectivity index (χ4n) is 3.22. The number of aromatic amines is 2. The molecule has 0 saturated carbocycles. The maximum Gasteiger partial charge on any atom is 0.349 e. The zero-order valence-electron chi connectivity index (χ0n) is 16.8. The molecule has 0 aliphatic rings. The summed E-state index contributed by atoms with van der Waals surface area (Å²) in [5.74, 6) is -0.364. The fraction of sp³-hybridized carbons (Fsp3) is 0. The van der Waals surface area contributed by atoms with E-state index in [2.05, 4.69) is 20.4 Å². The molecule has 5 rings (SSSR count). The predicted molar refractivity (Wildman–Crippen MR) is 124 cm³/mol. The van der Waals surface area contributed by atoms with Crippen molar-refractivity contribution in [2.45, 2.75) is 0 Å². The van der Waals surface area contributed by atoms with Gasteiger partial charge in [0.2, 0.25) is 11.7 Å². The highest BCUT2D eigenvalue weighted by Crippen LogP contribution is 2.39. The Morgan fingerprint density at radius 1 is 1.03 bits per heavy atom. The Labute approximate surface area is 198 Å². The van der Waals surface area contributed by atoms with Crippen LogP contribution in [0.3, 0.4) is 0 Å². The Morgan fingerprint density at radius 3 is 2.56 bits per heavy atom. The van der Waals surface area contributed by atoms with E-state index in [0.29, 0.717) is 11.1 Å². The van der Waals surface area contributed by atoms with E-state index < -0.39 is 22.6 Å². The van der Waals surface area contributed by atoms with Crippen LogP contribution in [0.15, 0.2) is 63.2 Å². The zero-order valence-corrected chi connectivity index (χ0v) is 18.3. The summed E-state index contributed by atoms with van der Waals surface area (Å²) >= 11 is 12.8. The van der Waals surface area contributed by atoms with Gasteiger partial charge >= 0.3 is 5.69 Å². The van der Waals surface area contributed by atoms with E-state index in [1.165, 1.54) is 18.2 Å². The predicted octanol–water partition coefficient (Wildman–Crippen LogP) is 2.00. The molecule has 1 aromatic carbocycles. The van der Waals surface area contributed by atoms with Crippen molar-refractivity contribution in [2.75, 3.05) is 5.73 Å². The molecule has 0 bridgehead atoms. The first-order valence-corrected chi connectivity index (χ1v) is 10.3. The average Bonchev–Trinajstić information content (AvgIpc) is 3.27. The summed E-state index contributed by atoms with van der Waals surface area (Å²) in [7, 11) is 0. The number of ether oxygens (including phenoxy) is 1. The summed E-state index contributed by atoms with van der Waals surface area (Å²) in [5.41, 5.74) is 5.37. The monoisotopic (exact) mass is 498 g/mol. The molecular formula is C20H12Cl2N8O4. The number of nitrogens with zero attached hydrogens (tertiary/aromatic N) is 5. The summed E-state index contributed by atoms with van der Waals surface area (Å²) in [4.78, 5) is 37.6. The maximum atomic E-state index is 12.1. The SMILES string of the molecule is Nc1nn(-c2cc(Cl)c(Oc3n[nH]c(=O)cc3-c3ccn4nccc4c3)c(Cl)c2)c(=O)[nH]c1=O.